The number of rotatable bonds is 4. The highest BCUT2D eigenvalue weighted by molar-refractivity contribution is 6.30. The van der Waals surface area contributed by atoms with Gasteiger partial charge in [-0.15, -0.1) is 0 Å². The molecular weight excluding hydrogens is 267 g/mol. The van der Waals surface area contributed by atoms with Crippen LogP contribution in [-0.2, 0) is 13.1 Å². The van der Waals surface area contributed by atoms with Crippen LogP contribution in [0.5, 0.6) is 0 Å². The first-order chi connectivity index (χ1) is 9.10. The zero-order valence-electron chi connectivity index (χ0n) is 10.5. The molecule has 100 valence electrons. The van der Waals surface area contributed by atoms with Crippen molar-refractivity contribution in [1.82, 2.24) is 4.57 Å². The molecule has 0 saturated heterocycles. The third kappa shape index (κ3) is 3.35. The predicted octanol–water partition coefficient (Wildman–Crippen LogP) is 3.27. The quantitative estimate of drug-likeness (QED) is 0.933. The van der Waals surface area contributed by atoms with Gasteiger partial charge < -0.3 is 9.88 Å². The van der Waals surface area contributed by atoms with Crippen molar-refractivity contribution in [2.24, 2.45) is 0 Å². The second kappa shape index (κ2) is 5.89. The van der Waals surface area contributed by atoms with Gasteiger partial charge in [0.15, 0.2) is 0 Å². The minimum absolute atomic E-state index is 0.0503. The number of nitrogens with one attached hydrogen (secondary N) is 1. The minimum atomic E-state index is -0.344. The summed E-state index contributed by atoms with van der Waals surface area (Å²) in [4.78, 5) is 11.4. The molecule has 0 saturated carbocycles. The van der Waals surface area contributed by atoms with Gasteiger partial charge in [0.2, 0.25) is 0 Å². The zero-order valence-corrected chi connectivity index (χ0v) is 11.2. The fourth-order valence-corrected chi connectivity index (χ4v) is 1.90. The number of halogens is 2. The van der Waals surface area contributed by atoms with E-state index in [0.717, 1.165) is 5.69 Å². The molecule has 0 radical (unpaired) electrons. The highest BCUT2D eigenvalue weighted by Gasteiger charge is 2.03. The van der Waals surface area contributed by atoms with Gasteiger partial charge in [0.1, 0.15) is 5.82 Å². The van der Waals surface area contributed by atoms with Crippen molar-refractivity contribution in [3.05, 3.63) is 63.3 Å². The zero-order chi connectivity index (χ0) is 13.8. The summed E-state index contributed by atoms with van der Waals surface area (Å²) in [6.45, 7) is 2.83. The summed E-state index contributed by atoms with van der Waals surface area (Å²) in [7, 11) is 0. The van der Waals surface area contributed by atoms with Gasteiger partial charge in [-0.1, -0.05) is 17.7 Å². The van der Waals surface area contributed by atoms with Gasteiger partial charge in [0.05, 0.1) is 5.69 Å². The Balaban J connectivity index is 2.12. The normalized spacial score (nSPS) is 10.5. The molecule has 0 amide bonds. The molecule has 1 heterocycles. The van der Waals surface area contributed by atoms with Crippen molar-refractivity contribution in [3.63, 3.8) is 0 Å². The Morgan fingerprint density at radius 3 is 2.79 bits per heavy atom. The number of aromatic nitrogens is 1. The fraction of sp³-hybridized carbons (Fsp3) is 0.214. The molecule has 5 heteroatoms. The lowest BCUT2D eigenvalue weighted by atomic mass is 10.2. The Labute approximate surface area is 115 Å². The maximum Gasteiger partial charge on any atom is 0.250 e. The van der Waals surface area contributed by atoms with Crippen molar-refractivity contribution < 1.29 is 4.39 Å². The van der Waals surface area contributed by atoms with E-state index < -0.39 is 0 Å². The van der Waals surface area contributed by atoms with Crippen molar-refractivity contribution in [3.8, 4) is 0 Å². The van der Waals surface area contributed by atoms with Crippen LogP contribution in [0.25, 0.3) is 0 Å². The van der Waals surface area contributed by atoms with E-state index in [0.29, 0.717) is 23.7 Å². The van der Waals surface area contributed by atoms with E-state index in [1.807, 2.05) is 6.92 Å². The van der Waals surface area contributed by atoms with Crippen LogP contribution in [0.15, 0.2) is 41.3 Å². The molecule has 1 aromatic carbocycles. The average Bonchev–Trinajstić information content (AvgIpc) is 2.39. The van der Waals surface area contributed by atoms with E-state index in [2.05, 4.69) is 5.32 Å². The second-order valence-corrected chi connectivity index (χ2v) is 4.57. The highest BCUT2D eigenvalue weighted by Crippen LogP contribution is 2.16. The van der Waals surface area contributed by atoms with Crippen molar-refractivity contribution in [2.45, 2.75) is 20.0 Å². The third-order valence-electron chi connectivity index (χ3n) is 2.82. The Morgan fingerprint density at radius 2 is 2.11 bits per heavy atom. The van der Waals surface area contributed by atoms with Gasteiger partial charge in [-0.2, -0.15) is 0 Å². The van der Waals surface area contributed by atoms with E-state index in [9.17, 15) is 9.18 Å². The number of hydrogen-bond donors (Lipinski definition) is 1. The predicted molar refractivity (Wildman–Crippen MR) is 75.1 cm³/mol. The van der Waals surface area contributed by atoms with Gasteiger partial charge in [0.25, 0.3) is 5.56 Å². The molecule has 1 aromatic heterocycles. The molecule has 0 aliphatic carbocycles. The number of benzene rings is 1. The summed E-state index contributed by atoms with van der Waals surface area (Å²) >= 11 is 5.69. The van der Waals surface area contributed by atoms with Crippen molar-refractivity contribution in [1.29, 1.82) is 0 Å². The Bertz CT molecular complexity index is 640. The van der Waals surface area contributed by atoms with Crippen molar-refractivity contribution in [2.75, 3.05) is 5.32 Å². The molecule has 0 aliphatic heterocycles. The highest BCUT2D eigenvalue weighted by atomic mass is 35.5. The summed E-state index contributed by atoms with van der Waals surface area (Å²) < 4.78 is 15.2. The summed E-state index contributed by atoms with van der Waals surface area (Å²) in [6.07, 6.45) is 1.72. The number of anilines is 1. The molecule has 3 nitrogen and oxygen atoms in total. The first-order valence-corrected chi connectivity index (χ1v) is 6.36. The third-order valence-corrected chi connectivity index (χ3v) is 3.06. The molecule has 0 unspecified atom stereocenters. The minimum Gasteiger partial charge on any atom is -0.380 e. The number of hydrogen-bond acceptors (Lipinski definition) is 2. The van der Waals surface area contributed by atoms with E-state index in [1.165, 1.54) is 12.1 Å². The van der Waals surface area contributed by atoms with Crippen LogP contribution < -0.4 is 10.9 Å². The average molecular weight is 281 g/mol. The molecule has 1 N–H and O–H groups in total. The summed E-state index contributed by atoms with van der Waals surface area (Å²) in [6, 6.07) is 7.74. The van der Waals surface area contributed by atoms with Gasteiger partial charge in [-0.25, -0.2) is 4.39 Å². The van der Waals surface area contributed by atoms with Crippen LogP contribution in [0.1, 0.15) is 12.5 Å². The van der Waals surface area contributed by atoms with Crippen LogP contribution >= 0.6 is 11.6 Å². The molecule has 0 fully saturated rings. The van der Waals surface area contributed by atoms with Gasteiger partial charge >= 0.3 is 0 Å². The van der Waals surface area contributed by atoms with Gasteiger partial charge in [-0.05, 0) is 25.1 Å². The molecular formula is C14H14ClFN2O. The molecule has 0 atom stereocenters. The van der Waals surface area contributed by atoms with Crippen LogP contribution in [0.4, 0.5) is 10.1 Å². The smallest absolute Gasteiger partial charge is 0.250 e. The molecule has 0 bridgehead atoms. The van der Waals surface area contributed by atoms with E-state index in [-0.39, 0.29) is 11.4 Å². The lowest BCUT2D eigenvalue weighted by Crippen LogP contribution is -2.17. The summed E-state index contributed by atoms with van der Waals surface area (Å²) in [5.41, 5.74) is 1.25. The summed E-state index contributed by atoms with van der Waals surface area (Å²) in [5, 5.41) is 3.46. The van der Waals surface area contributed by atoms with Crippen LogP contribution in [0.2, 0.25) is 5.02 Å². The number of pyridine rings is 1. The second-order valence-electron chi connectivity index (χ2n) is 4.13. The maximum absolute atomic E-state index is 13.6. The number of nitrogens with zero attached hydrogens (tertiary/aromatic N) is 1. The van der Waals surface area contributed by atoms with E-state index in [4.69, 9.17) is 11.6 Å². The molecule has 19 heavy (non-hydrogen) atoms. The SMILES string of the molecule is CCn1cc(NCc2ccc(Cl)cc2F)ccc1=O. The van der Waals surface area contributed by atoms with Crippen LogP contribution in [-0.4, -0.2) is 4.57 Å². The monoisotopic (exact) mass is 280 g/mol. The Kier molecular flexibility index (Phi) is 4.22. The number of aryl methyl sites for hydroxylation is 1. The molecule has 0 aliphatic rings. The topological polar surface area (TPSA) is 34.0 Å². The lowest BCUT2D eigenvalue weighted by Gasteiger charge is -2.09. The van der Waals surface area contributed by atoms with Crippen molar-refractivity contribution >= 4 is 17.3 Å². The maximum atomic E-state index is 13.6. The van der Waals surface area contributed by atoms with Crippen LogP contribution in [0, 0.1) is 5.82 Å². The van der Waals surface area contributed by atoms with Gasteiger partial charge in [0, 0.05) is 35.9 Å². The standard InChI is InChI=1S/C14H14ClFN2O/c1-2-18-9-12(5-6-14(18)19)17-8-10-3-4-11(15)7-13(10)16/h3-7,9,17H,2,8H2,1H3. The van der Waals surface area contributed by atoms with Gasteiger partial charge in [-0.3, -0.25) is 4.79 Å². The molecule has 0 spiro atoms. The lowest BCUT2D eigenvalue weighted by molar-refractivity contribution is 0.613. The van der Waals surface area contributed by atoms with E-state index in [1.54, 1.807) is 29.0 Å². The first-order valence-electron chi connectivity index (χ1n) is 5.98. The van der Waals surface area contributed by atoms with Crippen LogP contribution in [0.3, 0.4) is 0 Å². The van der Waals surface area contributed by atoms with E-state index >= 15 is 0 Å². The molecule has 2 aromatic rings. The largest absolute Gasteiger partial charge is 0.380 e. The summed E-state index contributed by atoms with van der Waals surface area (Å²) in [5.74, 6) is -0.344. The fourth-order valence-electron chi connectivity index (χ4n) is 1.75. The molecule has 2 rings (SSSR count). The Hall–Kier alpha value is -1.81. The Morgan fingerprint density at radius 1 is 1.32 bits per heavy atom. The first kappa shape index (κ1) is 13.6.